The van der Waals surface area contributed by atoms with E-state index in [2.05, 4.69) is 13.5 Å². The number of hydrogen-bond donors (Lipinski definition) is 0. The molecule has 0 saturated carbocycles. The van der Waals surface area contributed by atoms with Crippen LogP contribution in [0.3, 0.4) is 0 Å². The molecule has 0 heterocycles. The molecular formula is C13H25F. The minimum Gasteiger partial charge on any atom is -0.244 e. The highest BCUT2D eigenvalue weighted by Crippen LogP contribution is 2.25. The SMILES string of the molecule is C=C(CCC)CCCC(C)(F)CCC. The van der Waals surface area contributed by atoms with Gasteiger partial charge in [-0.3, -0.25) is 0 Å². The Kier molecular flexibility index (Phi) is 6.86. The van der Waals surface area contributed by atoms with Crippen LogP contribution in [-0.2, 0) is 0 Å². The first-order valence-electron chi connectivity index (χ1n) is 5.87. The Morgan fingerprint density at radius 2 is 1.79 bits per heavy atom. The van der Waals surface area contributed by atoms with Crippen LogP contribution in [0.25, 0.3) is 0 Å². The molecule has 0 N–H and O–H groups in total. The van der Waals surface area contributed by atoms with Crippen molar-refractivity contribution in [3.63, 3.8) is 0 Å². The van der Waals surface area contributed by atoms with Gasteiger partial charge in [0.05, 0.1) is 0 Å². The third kappa shape index (κ3) is 7.11. The summed E-state index contributed by atoms with van der Waals surface area (Å²) in [4.78, 5) is 0. The van der Waals surface area contributed by atoms with Crippen LogP contribution in [0.1, 0.15) is 65.7 Å². The molecule has 1 atom stereocenters. The van der Waals surface area contributed by atoms with E-state index >= 15 is 0 Å². The van der Waals surface area contributed by atoms with Crippen LogP contribution in [0.15, 0.2) is 12.2 Å². The lowest BCUT2D eigenvalue weighted by atomic mass is 9.94. The van der Waals surface area contributed by atoms with Crippen LogP contribution in [-0.4, -0.2) is 5.67 Å². The van der Waals surface area contributed by atoms with E-state index in [1.165, 1.54) is 5.57 Å². The van der Waals surface area contributed by atoms with Gasteiger partial charge in [0.25, 0.3) is 0 Å². The van der Waals surface area contributed by atoms with Gasteiger partial charge >= 0.3 is 0 Å². The number of hydrogen-bond acceptors (Lipinski definition) is 0. The summed E-state index contributed by atoms with van der Waals surface area (Å²) >= 11 is 0. The van der Waals surface area contributed by atoms with Crippen molar-refractivity contribution in [2.45, 2.75) is 71.4 Å². The fraction of sp³-hybridized carbons (Fsp3) is 0.846. The van der Waals surface area contributed by atoms with E-state index in [0.29, 0.717) is 12.8 Å². The van der Waals surface area contributed by atoms with E-state index in [1.807, 2.05) is 6.92 Å². The van der Waals surface area contributed by atoms with Crippen molar-refractivity contribution in [3.8, 4) is 0 Å². The Hall–Kier alpha value is -0.330. The van der Waals surface area contributed by atoms with Gasteiger partial charge in [-0.2, -0.15) is 0 Å². The standard InChI is InChI=1S/C13H25F/c1-5-8-12(3)9-7-11-13(4,14)10-6-2/h3,5-11H2,1-2,4H3. The molecule has 0 saturated heterocycles. The summed E-state index contributed by atoms with van der Waals surface area (Å²) in [5.74, 6) is 0. The molecule has 0 fully saturated rings. The van der Waals surface area contributed by atoms with E-state index in [1.54, 1.807) is 6.92 Å². The van der Waals surface area contributed by atoms with E-state index in [0.717, 1.165) is 32.1 Å². The molecule has 0 aromatic rings. The zero-order chi connectivity index (χ0) is 11.0. The molecule has 1 heteroatoms. The van der Waals surface area contributed by atoms with Gasteiger partial charge in [0, 0.05) is 0 Å². The molecule has 0 aromatic carbocycles. The van der Waals surface area contributed by atoms with Crippen molar-refractivity contribution in [2.75, 3.05) is 0 Å². The molecule has 1 unspecified atom stereocenters. The molecule has 0 nitrogen and oxygen atoms in total. The average Bonchev–Trinajstić information content (AvgIpc) is 2.03. The minimum atomic E-state index is -0.957. The van der Waals surface area contributed by atoms with Gasteiger partial charge < -0.3 is 0 Å². The zero-order valence-electron chi connectivity index (χ0n) is 10.0. The maximum atomic E-state index is 13.7. The van der Waals surface area contributed by atoms with Crippen LogP contribution in [0, 0.1) is 0 Å². The fourth-order valence-electron chi connectivity index (χ4n) is 1.83. The first-order chi connectivity index (χ1) is 6.52. The summed E-state index contributed by atoms with van der Waals surface area (Å²) in [6.45, 7) is 9.90. The van der Waals surface area contributed by atoms with Crippen molar-refractivity contribution in [1.29, 1.82) is 0 Å². The maximum Gasteiger partial charge on any atom is 0.108 e. The highest BCUT2D eigenvalue weighted by atomic mass is 19.1. The Bertz CT molecular complexity index is 159. The Morgan fingerprint density at radius 1 is 1.14 bits per heavy atom. The number of allylic oxidation sites excluding steroid dienone is 1. The number of rotatable bonds is 8. The van der Waals surface area contributed by atoms with Crippen molar-refractivity contribution < 1.29 is 4.39 Å². The Balaban J connectivity index is 3.57. The van der Waals surface area contributed by atoms with E-state index in [4.69, 9.17) is 0 Å². The highest BCUT2D eigenvalue weighted by Gasteiger charge is 2.20. The molecule has 0 aromatic heterocycles. The van der Waals surface area contributed by atoms with Crippen LogP contribution in [0.2, 0.25) is 0 Å². The van der Waals surface area contributed by atoms with Crippen molar-refractivity contribution >= 4 is 0 Å². The molecule has 0 radical (unpaired) electrons. The molecule has 14 heavy (non-hydrogen) atoms. The van der Waals surface area contributed by atoms with Gasteiger partial charge in [-0.05, 0) is 39.0 Å². The van der Waals surface area contributed by atoms with Gasteiger partial charge in [-0.15, -0.1) is 0 Å². The summed E-state index contributed by atoms with van der Waals surface area (Å²) < 4.78 is 13.7. The smallest absolute Gasteiger partial charge is 0.108 e. The maximum absolute atomic E-state index is 13.7. The minimum absolute atomic E-state index is 0.684. The monoisotopic (exact) mass is 200 g/mol. The second-order valence-electron chi connectivity index (χ2n) is 4.52. The molecule has 0 amide bonds. The van der Waals surface area contributed by atoms with Crippen molar-refractivity contribution in [3.05, 3.63) is 12.2 Å². The van der Waals surface area contributed by atoms with Crippen LogP contribution >= 0.6 is 0 Å². The third-order valence-electron chi connectivity index (χ3n) is 2.60. The Labute approximate surface area is 88.6 Å². The molecule has 0 aliphatic rings. The van der Waals surface area contributed by atoms with Gasteiger partial charge in [0.2, 0.25) is 0 Å². The third-order valence-corrected chi connectivity index (χ3v) is 2.60. The van der Waals surface area contributed by atoms with E-state index in [-0.39, 0.29) is 0 Å². The zero-order valence-corrected chi connectivity index (χ0v) is 10.0. The van der Waals surface area contributed by atoms with E-state index < -0.39 is 5.67 Å². The topological polar surface area (TPSA) is 0 Å². The fourth-order valence-corrected chi connectivity index (χ4v) is 1.83. The molecular weight excluding hydrogens is 175 g/mol. The molecule has 84 valence electrons. The largest absolute Gasteiger partial charge is 0.244 e. The average molecular weight is 200 g/mol. The molecule has 0 spiro atoms. The summed E-state index contributed by atoms with van der Waals surface area (Å²) in [5, 5.41) is 0. The molecule has 0 bridgehead atoms. The lowest BCUT2D eigenvalue weighted by molar-refractivity contribution is 0.156. The highest BCUT2D eigenvalue weighted by molar-refractivity contribution is 4.93. The number of alkyl halides is 1. The van der Waals surface area contributed by atoms with Crippen LogP contribution < -0.4 is 0 Å². The summed E-state index contributed by atoms with van der Waals surface area (Å²) in [7, 11) is 0. The molecule has 0 rings (SSSR count). The van der Waals surface area contributed by atoms with Crippen molar-refractivity contribution in [1.82, 2.24) is 0 Å². The normalized spacial score (nSPS) is 15.1. The lowest BCUT2D eigenvalue weighted by Crippen LogP contribution is -2.17. The van der Waals surface area contributed by atoms with Crippen LogP contribution in [0.4, 0.5) is 4.39 Å². The first kappa shape index (κ1) is 13.7. The first-order valence-corrected chi connectivity index (χ1v) is 5.87. The van der Waals surface area contributed by atoms with Gasteiger partial charge in [0.15, 0.2) is 0 Å². The second-order valence-corrected chi connectivity index (χ2v) is 4.52. The predicted octanol–water partition coefficient (Wildman–Crippen LogP) is 5.04. The van der Waals surface area contributed by atoms with Crippen LogP contribution in [0.5, 0.6) is 0 Å². The van der Waals surface area contributed by atoms with Gasteiger partial charge in [0.1, 0.15) is 5.67 Å². The van der Waals surface area contributed by atoms with Crippen molar-refractivity contribution in [2.24, 2.45) is 0 Å². The quantitative estimate of drug-likeness (QED) is 0.481. The second kappa shape index (κ2) is 7.03. The summed E-state index contributed by atoms with van der Waals surface area (Å²) in [6, 6.07) is 0. The van der Waals surface area contributed by atoms with Gasteiger partial charge in [-0.25, -0.2) is 4.39 Å². The summed E-state index contributed by atoms with van der Waals surface area (Å²) in [6.07, 6.45) is 6.50. The summed E-state index contributed by atoms with van der Waals surface area (Å²) in [5.41, 5.74) is 0.320. The van der Waals surface area contributed by atoms with Gasteiger partial charge in [-0.1, -0.05) is 38.8 Å². The lowest BCUT2D eigenvalue weighted by Gasteiger charge is -2.19. The predicted molar refractivity (Wildman–Crippen MR) is 62.3 cm³/mol. The van der Waals surface area contributed by atoms with E-state index in [9.17, 15) is 4.39 Å². The number of halogens is 1. The Morgan fingerprint density at radius 3 is 2.29 bits per heavy atom. The molecule has 0 aliphatic heterocycles. The molecule has 0 aliphatic carbocycles.